The normalized spacial score (nSPS) is 15.8. The van der Waals surface area contributed by atoms with E-state index in [-0.39, 0.29) is 5.82 Å². The Labute approximate surface area is 178 Å². The molecule has 1 aromatic heterocycles. The van der Waals surface area contributed by atoms with Crippen LogP contribution in [0, 0.1) is 5.82 Å². The fourth-order valence-electron chi connectivity index (χ4n) is 3.36. The highest BCUT2D eigenvalue weighted by Crippen LogP contribution is 2.30. The minimum absolute atomic E-state index is 0.294. The topological polar surface area (TPSA) is 19.4 Å². The molecule has 3 aromatic rings. The van der Waals surface area contributed by atoms with Gasteiger partial charge in [-0.25, -0.2) is 9.37 Å². The van der Waals surface area contributed by atoms with Gasteiger partial charge in [0, 0.05) is 55.2 Å². The molecule has 3 nitrogen and oxygen atoms in total. The second-order valence-electron chi connectivity index (χ2n) is 6.91. The highest BCUT2D eigenvalue weighted by atomic mass is 35.5. The summed E-state index contributed by atoms with van der Waals surface area (Å²) < 4.78 is 13.2. The van der Waals surface area contributed by atoms with E-state index >= 15 is 0 Å². The van der Waals surface area contributed by atoms with Crippen molar-refractivity contribution in [2.75, 3.05) is 26.2 Å². The van der Waals surface area contributed by atoms with Crippen LogP contribution in [0.1, 0.15) is 11.3 Å². The van der Waals surface area contributed by atoms with Gasteiger partial charge in [0.1, 0.15) is 10.8 Å². The Kier molecular flexibility index (Phi) is 6.28. The summed E-state index contributed by atoms with van der Waals surface area (Å²) in [5.41, 5.74) is 3.04. The molecule has 0 N–H and O–H groups in total. The number of piperazine rings is 1. The van der Waals surface area contributed by atoms with Crippen LogP contribution in [0.3, 0.4) is 0 Å². The molecule has 0 saturated carbocycles. The largest absolute Gasteiger partial charge is 0.296 e. The van der Waals surface area contributed by atoms with Crippen LogP contribution >= 0.6 is 34.5 Å². The number of hydrogen-bond donors (Lipinski definition) is 0. The zero-order chi connectivity index (χ0) is 19.5. The van der Waals surface area contributed by atoms with E-state index in [1.54, 1.807) is 17.4 Å². The fraction of sp³-hybridized carbons (Fsp3) is 0.286. The molecule has 0 aliphatic carbocycles. The van der Waals surface area contributed by atoms with Crippen LogP contribution in [0.15, 0.2) is 47.8 Å². The molecule has 7 heteroatoms. The number of aromatic nitrogens is 1. The first-order valence-corrected chi connectivity index (χ1v) is 10.8. The molecule has 28 heavy (non-hydrogen) atoms. The molecule has 146 valence electrons. The monoisotopic (exact) mass is 435 g/mol. The van der Waals surface area contributed by atoms with Crippen molar-refractivity contribution in [3.8, 4) is 10.6 Å². The third-order valence-corrected chi connectivity index (χ3v) is 6.52. The van der Waals surface area contributed by atoms with Gasteiger partial charge in [-0.05, 0) is 23.8 Å². The summed E-state index contributed by atoms with van der Waals surface area (Å²) in [6, 6.07) is 12.4. The predicted molar refractivity (Wildman–Crippen MR) is 115 cm³/mol. The van der Waals surface area contributed by atoms with E-state index in [2.05, 4.69) is 15.2 Å². The summed E-state index contributed by atoms with van der Waals surface area (Å²) in [5.74, 6) is -0.294. The molecule has 0 amide bonds. The Balaban J connectivity index is 1.32. The summed E-state index contributed by atoms with van der Waals surface area (Å²) in [6.07, 6.45) is 0. The second-order valence-corrected chi connectivity index (χ2v) is 8.58. The van der Waals surface area contributed by atoms with Gasteiger partial charge in [-0.2, -0.15) is 0 Å². The van der Waals surface area contributed by atoms with Crippen LogP contribution < -0.4 is 0 Å². The summed E-state index contributed by atoms with van der Waals surface area (Å²) in [4.78, 5) is 9.53. The van der Waals surface area contributed by atoms with Crippen LogP contribution in [0.25, 0.3) is 10.6 Å². The van der Waals surface area contributed by atoms with E-state index in [1.807, 2.05) is 24.3 Å². The van der Waals surface area contributed by atoms with Crippen molar-refractivity contribution in [3.05, 3.63) is 75.0 Å². The van der Waals surface area contributed by atoms with Gasteiger partial charge in [0.2, 0.25) is 0 Å². The maximum Gasteiger partial charge on any atom is 0.125 e. The number of rotatable bonds is 5. The Hall–Kier alpha value is -1.50. The molecule has 1 saturated heterocycles. The third kappa shape index (κ3) is 4.73. The molecule has 0 spiro atoms. The molecule has 1 fully saturated rings. The first-order chi connectivity index (χ1) is 13.6. The van der Waals surface area contributed by atoms with Crippen LogP contribution in [-0.2, 0) is 13.1 Å². The summed E-state index contributed by atoms with van der Waals surface area (Å²) in [6.45, 7) is 5.44. The van der Waals surface area contributed by atoms with Crippen LogP contribution in [0.4, 0.5) is 4.39 Å². The van der Waals surface area contributed by atoms with E-state index in [9.17, 15) is 4.39 Å². The van der Waals surface area contributed by atoms with E-state index < -0.39 is 0 Å². The van der Waals surface area contributed by atoms with Gasteiger partial charge in [0.15, 0.2) is 0 Å². The maximum absolute atomic E-state index is 13.2. The van der Waals surface area contributed by atoms with Crippen molar-refractivity contribution in [2.45, 2.75) is 13.1 Å². The molecule has 1 aliphatic heterocycles. The summed E-state index contributed by atoms with van der Waals surface area (Å²) >= 11 is 14.1. The van der Waals surface area contributed by atoms with E-state index in [0.29, 0.717) is 5.02 Å². The van der Waals surface area contributed by atoms with E-state index in [0.717, 1.165) is 66.1 Å². The van der Waals surface area contributed by atoms with Crippen molar-refractivity contribution in [1.29, 1.82) is 0 Å². The number of benzene rings is 2. The van der Waals surface area contributed by atoms with Gasteiger partial charge >= 0.3 is 0 Å². The van der Waals surface area contributed by atoms with Crippen LogP contribution in [-0.4, -0.2) is 41.0 Å². The molecule has 0 bridgehead atoms. The molecular formula is C21H20Cl2FN3S. The molecule has 0 atom stereocenters. The molecule has 0 radical (unpaired) electrons. The highest BCUT2D eigenvalue weighted by molar-refractivity contribution is 7.13. The lowest BCUT2D eigenvalue weighted by atomic mass is 10.2. The van der Waals surface area contributed by atoms with Gasteiger partial charge < -0.3 is 0 Å². The average molecular weight is 436 g/mol. The smallest absolute Gasteiger partial charge is 0.125 e. The van der Waals surface area contributed by atoms with Gasteiger partial charge in [-0.3, -0.25) is 9.80 Å². The zero-order valence-electron chi connectivity index (χ0n) is 15.2. The third-order valence-electron chi connectivity index (χ3n) is 4.92. The fourth-order valence-corrected chi connectivity index (χ4v) is 4.72. The first-order valence-electron chi connectivity index (χ1n) is 9.16. The molecule has 4 rings (SSSR count). The van der Waals surface area contributed by atoms with Gasteiger partial charge in [0.05, 0.1) is 10.7 Å². The van der Waals surface area contributed by atoms with Crippen molar-refractivity contribution in [1.82, 2.24) is 14.8 Å². The lowest BCUT2D eigenvalue weighted by Gasteiger charge is -2.34. The SMILES string of the molecule is Fc1ccc(CN2CCN(Cc3csc(-c4ccccc4Cl)n3)CC2)c(Cl)c1. The van der Waals surface area contributed by atoms with Gasteiger partial charge in [-0.15, -0.1) is 11.3 Å². The maximum atomic E-state index is 13.2. The average Bonchev–Trinajstić information content (AvgIpc) is 3.14. The Morgan fingerprint density at radius 3 is 2.36 bits per heavy atom. The van der Waals surface area contributed by atoms with Crippen molar-refractivity contribution < 1.29 is 4.39 Å². The lowest BCUT2D eigenvalue weighted by Crippen LogP contribution is -2.45. The number of thiazole rings is 1. The molecule has 2 aromatic carbocycles. The Morgan fingerprint density at radius 2 is 1.64 bits per heavy atom. The van der Waals surface area contributed by atoms with Crippen molar-refractivity contribution in [3.63, 3.8) is 0 Å². The number of halogens is 3. The minimum atomic E-state index is -0.294. The standard InChI is InChI=1S/C21H20Cl2FN3S/c22-19-4-2-1-3-18(19)21-25-17(14-28-21)13-27-9-7-26(8-10-27)12-15-5-6-16(24)11-20(15)23/h1-6,11,14H,7-10,12-13H2. The number of nitrogens with zero attached hydrogens (tertiary/aromatic N) is 3. The molecule has 1 aliphatic rings. The van der Waals surface area contributed by atoms with Gasteiger partial charge in [-0.1, -0.05) is 47.5 Å². The van der Waals surface area contributed by atoms with Crippen molar-refractivity contribution in [2.24, 2.45) is 0 Å². The van der Waals surface area contributed by atoms with Crippen LogP contribution in [0.2, 0.25) is 10.0 Å². The van der Waals surface area contributed by atoms with Crippen molar-refractivity contribution >= 4 is 34.5 Å². The lowest BCUT2D eigenvalue weighted by molar-refractivity contribution is 0.121. The first kappa shape index (κ1) is 19.8. The molecule has 0 unspecified atom stereocenters. The Bertz CT molecular complexity index is 954. The minimum Gasteiger partial charge on any atom is -0.296 e. The zero-order valence-corrected chi connectivity index (χ0v) is 17.6. The molecule has 2 heterocycles. The summed E-state index contributed by atoms with van der Waals surface area (Å²) in [7, 11) is 0. The van der Waals surface area contributed by atoms with E-state index in [1.165, 1.54) is 12.1 Å². The van der Waals surface area contributed by atoms with Crippen LogP contribution in [0.5, 0.6) is 0 Å². The number of hydrogen-bond acceptors (Lipinski definition) is 4. The molecular weight excluding hydrogens is 416 g/mol. The Morgan fingerprint density at radius 1 is 0.929 bits per heavy atom. The van der Waals surface area contributed by atoms with Gasteiger partial charge in [0.25, 0.3) is 0 Å². The second kappa shape index (κ2) is 8.89. The summed E-state index contributed by atoms with van der Waals surface area (Å²) in [5, 5.41) is 4.31. The quantitative estimate of drug-likeness (QED) is 0.521. The predicted octanol–water partition coefficient (Wildman–Crippen LogP) is 5.57. The van der Waals surface area contributed by atoms with E-state index in [4.69, 9.17) is 28.2 Å². The highest BCUT2D eigenvalue weighted by Gasteiger charge is 2.19.